The number of piperidine rings is 1. The lowest BCUT2D eigenvalue weighted by Crippen LogP contribution is -2.38. The summed E-state index contributed by atoms with van der Waals surface area (Å²) < 4.78 is 10.8. The first-order chi connectivity index (χ1) is 19.1. The van der Waals surface area contributed by atoms with Crippen LogP contribution in [0.25, 0.3) is 16.5 Å². The molecule has 0 unspecified atom stereocenters. The predicted molar refractivity (Wildman–Crippen MR) is 153 cm³/mol. The molecule has 0 atom stereocenters. The Hall–Kier alpha value is -4.30. The summed E-state index contributed by atoms with van der Waals surface area (Å²) in [5.74, 6) is 2.08. The molecule has 3 aromatic carbocycles. The Kier molecular flexibility index (Phi) is 6.70. The standard InChI is InChI=1S/C31H33N5O3/c1-4-36-15-13-20(14-16-36)32-21-7-11-25-24(17-21)29(31(37)35-25)28(19-5-8-22(38-2)9-6-19)30-33-26-12-10-23(39-3)18-27(26)34-30/h5-12,17-18,20,32,35,37H,4,13-16H2,1-3H3. The highest BCUT2D eigenvalue weighted by atomic mass is 16.5. The highest BCUT2D eigenvalue weighted by Gasteiger charge is 2.23. The number of aromatic amines is 1. The van der Waals surface area contributed by atoms with Crippen molar-refractivity contribution in [3.63, 3.8) is 0 Å². The lowest BCUT2D eigenvalue weighted by Gasteiger charge is -2.32. The second-order valence-corrected chi connectivity index (χ2v) is 9.97. The SMILES string of the molecule is CCN1CCC(Nc2ccc3[nH]c(O)c(C(=C4N=c5ccc(OC)cc5=N4)c4ccc(OC)cc4)c3c2)CC1. The first-order valence-corrected chi connectivity index (χ1v) is 13.4. The molecule has 1 aromatic heterocycles. The number of aromatic nitrogens is 1. The maximum absolute atomic E-state index is 11.3. The van der Waals surface area contributed by atoms with E-state index in [1.54, 1.807) is 14.2 Å². The molecule has 39 heavy (non-hydrogen) atoms. The number of benzene rings is 3. The molecule has 0 saturated carbocycles. The van der Waals surface area contributed by atoms with Crippen LogP contribution in [0.4, 0.5) is 5.69 Å². The largest absolute Gasteiger partial charge is 0.497 e. The number of anilines is 1. The van der Waals surface area contributed by atoms with E-state index < -0.39 is 0 Å². The van der Waals surface area contributed by atoms with Crippen molar-refractivity contribution in [2.45, 2.75) is 25.8 Å². The van der Waals surface area contributed by atoms with E-state index in [2.05, 4.69) is 34.3 Å². The van der Waals surface area contributed by atoms with E-state index in [-0.39, 0.29) is 5.88 Å². The van der Waals surface area contributed by atoms with Crippen LogP contribution in [0.1, 0.15) is 30.9 Å². The summed E-state index contributed by atoms with van der Waals surface area (Å²) >= 11 is 0. The Morgan fingerprint density at radius 2 is 1.67 bits per heavy atom. The van der Waals surface area contributed by atoms with Gasteiger partial charge in [0.05, 0.1) is 30.5 Å². The molecule has 2 aliphatic rings. The van der Waals surface area contributed by atoms with E-state index in [0.717, 1.165) is 82.4 Å². The third-order valence-electron chi connectivity index (χ3n) is 7.67. The van der Waals surface area contributed by atoms with E-state index in [9.17, 15) is 5.11 Å². The lowest BCUT2D eigenvalue weighted by molar-refractivity contribution is 0.229. The fourth-order valence-electron chi connectivity index (χ4n) is 5.47. The van der Waals surface area contributed by atoms with E-state index >= 15 is 0 Å². The maximum Gasteiger partial charge on any atom is 0.197 e. The smallest absolute Gasteiger partial charge is 0.197 e. The molecule has 6 rings (SSSR count). The minimum absolute atomic E-state index is 0.0793. The van der Waals surface area contributed by atoms with Crippen molar-refractivity contribution in [3.8, 4) is 17.4 Å². The van der Waals surface area contributed by atoms with E-state index in [1.807, 2.05) is 48.5 Å². The quantitative estimate of drug-likeness (QED) is 0.333. The molecule has 3 heterocycles. The number of fused-ring (bicyclic) bond motifs is 2. The van der Waals surface area contributed by atoms with Gasteiger partial charge in [-0.1, -0.05) is 19.1 Å². The van der Waals surface area contributed by atoms with Crippen LogP contribution in [-0.4, -0.2) is 54.9 Å². The Labute approximate surface area is 227 Å². The monoisotopic (exact) mass is 523 g/mol. The van der Waals surface area contributed by atoms with Crippen molar-refractivity contribution < 1.29 is 14.6 Å². The van der Waals surface area contributed by atoms with Gasteiger partial charge in [0.15, 0.2) is 11.7 Å². The molecular formula is C31H33N5O3. The summed E-state index contributed by atoms with van der Waals surface area (Å²) in [5.41, 5.74) is 4.16. The predicted octanol–water partition coefficient (Wildman–Crippen LogP) is 4.46. The summed E-state index contributed by atoms with van der Waals surface area (Å²) in [6, 6.07) is 20.0. The topological polar surface area (TPSA) is 94.5 Å². The minimum Gasteiger partial charge on any atom is -0.497 e. The molecular weight excluding hydrogens is 490 g/mol. The maximum atomic E-state index is 11.3. The second kappa shape index (κ2) is 10.5. The number of methoxy groups -OCH3 is 2. The molecule has 8 nitrogen and oxygen atoms in total. The van der Waals surface area contributed by atoms with Crippen molar-refractivity contribution in [2.75, 3.05) is 39.2 Å². The summed E-state index contributed by atoms with van der Waals surface area (Å²) in [4.78, 5) is 15.4. The van der Waals surface area contributed by atoms with Crippen LogP contribution in [0, 0.1) is 0 Å². The molecule has 200 valence electrons. The summed E-state index contributed by atoms with van der Waals surface area (Å²) in [7, 11) is 3.28. The summed E-state index contributed by atoms with van der Waals surface area (Å²) in [6.45, 7) is 5.53. The van der Waals surface area contributed by atoms with Crippen LogP contribution in [0.3, 0.4) is 0 Å². The minimum atomic E-state index is 0.0793. The third kappa shape index (κ3) is 4.83. The number of nitrogens with one attached hydrogen (secondary N) is 2. The van der Waals surface area contributed by atoms with E-state index in [4.69, 9.17) is 19.5 Å². The van der Waals surface area contributed by atoms with Gasteiger partial charge in [-0.3, -0.25) is 0 Å². The van der Waals surface area contributed by atoms with Crippen LogP contribution in [0.15, 0.2) is 76.5 Å². The fraction of sp³-hybridized carbons (Fsp3) is 0.290. The van der Waals surface area contributed by atoms with Gasteiger partial charge in [-0.15, -0.1) is 0 Å². The van der Waals surface area contributed by atoms with Gasteiger partial charge in [0, 0.05) is 47.4 Å². The normalized spacial score (nSPS) is 16.9. The number of hydrogen-bond acceptors (Lipinski definition) is 7. The highest BCUT2D eigenvalue weighted by molar-refractivity contribution is 6.01. The molecule has 3 N–H and O–H groups in total. The summed E-state index contributed by atoms with van der Waals surface area (Å²) in [5, 5.41) is 17.4. The van der Waals surface area contributed by atoms with Crippen molar-refractivity contribution in [2.24, 2.45) is 9.98 Å². The molecule has 1 saturated heterocycles. The third-order valence-corrected chi connectivity index (χ3v) is 7.67. The van der Waals surface area contributed by atoms with Crippen LogP contribution >= 0.6 is 0 Å². The number of hydrogen-bond donors (Lipinski definition) is 3. The molecule has 0 amide bonds. The molecule has 1 fully saturated rings. The van der Waals surface area contributed by atoms with Gasteiger partial charge in [-0.2, -0.15) is 0 Å². The Morgan fingerprint density at radius 3 is 2.38 bits per heavy atom. The van der Waals surface area contributed by atoms with Crippen molar-refractivity contribution >= 4 is 22.2 Å². The van der Waals surface area contributed by atoms with E-state index in [1.165, 1.54) is 0 Å². The Morgan fingerprint density at radius 1 is 0.949 bits per heavy atom. The van der Waals surface area contributed by atoms with Gasteiger partial charge in [0.25, 0.3) is 0 Å². The number of aromatic hydroxyl groups is 1. The van der Waals surface area contributed by atoms with Crippen LogP contribution in [0.2, 0.25) is 0 Å². The van der Waals surface area contributed by atoms with Crippen molar-refractivity contribution in [1.29, 1.82) is 0 Å². The molecule has 0 aliphatic carbocycles. The Balaban J connectivity index is 1.48. The number of nitrogens with zero attached hydrogens (tertiary/aromatic N) is 3. The zero-order valence-corrected chi connectivity index (χ0v) is 22.5. The van der Waals surface area contributed by atoms with Crippen molar-refractivity contribution in [1.82, 2.24) is 9.88 Å². The number of H-pyrrole nitrogens is 1. The lowest BCUT2D eigenvalue weighted by atomic mass is 9.96. The van der Waals surface area contributed by atoms with Gasteiger partial charge in [0.1, 0.15) is 11.5 Å². The molecule has 4 aromatic rings. The first kappa shape index (κ1) is 25.0. The Bertz CT molecular complexity index is 1670. The molecule has 8 heteroatoms. The van der Waals surface area contributed by atoms with Gasteiger partial charge in [-0.05, 0) is 67.4 Å². The van der Waals surface area contributed by atoms with Crippen molar-refractivity contribution in [3.05, 3.63) is 88.3 Å². The molecule has 2 aliphatic heterocycles. The van der Waals surface area contributed by atoms with Gasteiger partial charge >= 0.3 is 0 Å². The molecule has 0 bridgehead atoms. The van der Waals surface area contributed by atoms with Gasteiger partial charge in [-0.25, -0.2) is 9.98 Å². The first-order valence-electron chi connectivity index (χ1n) is 13.4. The van der Waals surface area contributed by atoms with Crippen LogP contribution < -0.4 is 25.5 Å². The van der Waals surface area contributed by atoms with Gasteiger partial charge in [0.2, 0.25) is 0 Å². The van der Waals surface area contributed by atoms with Crippen LogP contribution in [0.5, 0.6) is 17.4 Å². The highest BCUT2D eigenvalue weighted by Crippen LogP contribution is 2.40. The number of likely N-dealkylation sites (tertiary alicyclic amines) is 1. The fourth-order valence-corrected chi connectivity index (χ4v) is 5.47. The van der Waals surface area contributed by atoms with Crippen LogP contribution in [-0.2, 0) is 0 Å². The van der Waals surface area contributed by atoms with E-state index in [0.29, 0.717) is 17.4 Å². The molecule has 0 spiro atoms. The number of ether oxygens (including phenoxy) is 2. The number of rotatable bonds is 7. The zero-order valence-electron chi connectivity index (χ0n) is 22.5. The van der Waals surface area contributed by atoms with Gasteiger partial charge < -0.3 is 29.8 Å². The second-order valence-electron chi connectivity index (χ2n) is 9.97. The average Bonchev–Trinajstić information content (AvgIpc) is 3.54. The summed E-state index contributed by atoms with van der Waals surface area (Å²) in [6.07, 6.45) is 2.22. The average molecular weight is 524 g/mol. The zero-order chi connectivity index (χ0) is 26.9. The molecule has 0 radical (unpaired) electrons.